The molecule has 0 aliphatic carbocycles. The summed E-state index contributed by atoms with van der Waals surface area (Å²) < 4.78 is 5.18. The molecule has 2 N–H and O–H groups in total. The van der Waals surface area contributed by atoms with Crippen molar-refractivity contribution in [3.05, 3.63) is 107 Å². The minimum absolute atomic E-state index is 0.365. The van der Waals surface area contributed by atoms with Gasteiger partial charge in [-0.25, -0.2) is 4.79 Å². The Morgan fingerprint density at radius 3 is 1.93 bits per heavy atom. The van der Waals surface area contributed by atoms with E-state index in [9.17, 15) is 14.7 Å². The fraction of sp³-hybridized carbons (Fsp3) is 0.167. The number of halogens is 1. The van der Waals surface area contributed by atoms with Crippen LogP contribution in [0, 0.1) is 0 Å². The maximum Gasteiger partial charge on any atom is 0.348 e. The highest BCUT2D eigenvalue weighted by molar-refractivity contribution is 6.30. The first kappa shape index (κ1) is 21.6. The summed E-state index contributed by atoms with van der Waals surface area (Å²) in [5, 5.41) is 14.6. The number of hydrogen-bond acceptors (Lipinski definition) is 4. The molecule has 0 fully saturated rings. The Bertz CT molecular complexity index is 936. The van der Waals surface area contributed by atoms with E-state index in [2.05, 4.69) is 5.32 Å². The van der Waals surface area contributed by atoms with Crippen LogP contribution in [0.4, 0.5) is 0 Å². The topological polar surface area (TPSA) is 75.6 Å². The van der Waals surface area contributed by atoms with E-state index < -0.39 is 24.1 Å². The van der Waals surface area contributed by atoms with Crippen molar-refractivity contribution >= 4 is 23.5 Å². The van der Waals surface area contributed by atoms with Crippen LogP contribution in [0.1, 0.15) is 16.7 Å². The molecular weight excluding hydrogens is 402 g/mol. The molecule has 0 aliphatic heterocycles. The van der Waals surface area contributed by atoms with Crippen LogP contribution >= 0.6 is 11.6 Å². The number of nitrogens with one attached hydrogen (secondary N) is 1. The van der Waals surface area contributed by atoms with Crippen LogP contribution in [-0.4, -0.2) is 30.1 Å². The third-order valence-corrected chi connectivity index (χ3v) is 4.91. The molecule has 0 radical (unpaired) electrons. The molecule has 5 nitrogen and oxygen atoms in total. The third kappa shape index (κ3) is 5.26. The van der Waals surface area contributed by atoms with E-state index in [0.717, 1.165) is 5.56 Å². The second-order valence-corrected chi connectivity index (χ2v) is 7.18. The van der Waals surface area contributed by atoms with Crippen LogP contribution in [0.25, 0.3) is 0 Å². The number of amides is 1. The van der Waals surface area contributed by atoms with Crippen LogP contribution < -0.4 is 5.32 Å². The van der Waals surface area contributed by atoms with Gasteiger partial charge in [-0.2, -0.15) is 0 Å². The number of carbonyl (C=O) groups is 2. The smallest absolute Gasteiger partial charge is 0.348 e. The van der Waals surface area contributed by atoms with Gasteiger partial charge in [0.2, 0.25) is 5.60 Å². The van der Waals surface area contributed by atoms with E-state index in [1.807, 2.05) is 12.1 Å². The molecule has 0 bridgehead atoms. The number of aliphatic hydroxyl groups is 1. The molecule has 30 heavy (non-hydrogen) atoms. The van der Waals surface area contributed by atoms with E-state index >= 15 is 0 Å². The zero-order chi connectivity index (χ0) is 21.4. The molecule has 0 heterocycles. The molecule has 3 rings (SSSR count). The average molecular weight is 424 g/mol. The van der Waals surface area contributed by atoms with Crippen LogP contribution in [0.2, 0.25) is 5.02 Å². The predicted octanol–water partition coefficient (Wildman–Crippen LogP) is 3.48. The molecule has 0 spiro atoms. The highest BCUT2D eigenvalue weighted by atomic mass is 35.5. The average Bonchev–Trinajstić information content (AvgIpc) is 2.79. The molecule has 0 aliphatic rings. The Morgan fingerprint density at radius 2 is 1.40 bits per heavy atom. The van der Waals surface area contributed by atoms with Gasteiger partial charge in [-0.05, 0) is 35.2 Å². The van der Waals surface area contributed by atoms with Gasteiger partial charge in [0.1, 0.15) is 0 Å². The monoisotopic (exact) mass is 423 g/mol. The van der Waals surface area contributed by atoms with Gasteiger partial charge in [0.15, 0.2) is 6.61 Å². The molecule has 154 valence electrons. The number of benzene rings is 3. The maximum atomic E-state index is 12.8. The van der Waals surface area contributed by atoms with Crippen molar-refractivity contribution < 1.29 is 19.4 Å². The SMILES string of the molecule is O=C(COC(=O)C(O)(c1ccccc1)c1ccccc1)NCCc1ccc(Cl)cc1. The second kappa shape index (κ2) is 10.1. The van der Waals surface area contributed by atoms with Crippen molar-refractivity contribution in [1.82, 2.24) is 5.32 Å². The standard InChI is InChI=1S/C24H22ClNO4/c25-21-13-11-18(12-14-21)15-16-26-22(27)17-30-23(28)24(29,19-7-3-1-4-8-19)20-9-5-2-6-10-20/h1-14,29H,15-17H2,(H,26,27). The van der Waals surface area contributed by atoms with Crippen molar-refractivity contribution in [2.45, 2.75) is 12.0 Å². The molecule has 0 atom stereocenters. The highest BCUT2D eigenvalue weighted by Crippen LogP contribution is 2.30. The highest BCUT2D eigenvalue weighted by Gasteiger charge is 2.41. The van der Waals surface area contributed by atoms with Gasteiger partial charge in [-0.3, -0.25) is 4.79 Å². The van der Waals surface area contributed by atoms with Gasteiger partial charge in [0, 0.05) is 11.6 Å². The first-order valence-electron chi connectivity index (χ1n) is 9.52. The van der Waals surface area contributed by atoms with Crippen molar-refractivity contribution in [2.75, 3.05) is 13.2 Å². The number of esters is 1. The number of carbonyl (C=O) groups excluding carboxylic acids is 2. The van der Waals surface area contributed by atoms with Crippen molar-refractivity contribution in [1.29, 1.82) is 0 Å². The molecule has 0 saturated heterocycles. The Labute approximate surface area is 180 Å². The van der Waals surface area contributed by atoms with Gasteiger partial charge in [0.05, 0.1) is 0 Å². The number of ether oxygens (including phenoxy) is 1. The lowest BCUT2D eigenvalue weighted by molar-refractivity contribution is -0.164. The van der Waals surface area contributed by atoms with Crippen molar-refractivity contribution in [3.63, 3.8) is 0 Å². The van der Waals surface area contributed by atoms with Crippen molar-refractivity contribution in [2.24, 2.45) is 0 Å². The third-order valence-electron chi connectivity index (χ3n) is 4.66. The van der Waals surface area contributed by atoms with Crippen molar-refractivity contribution in [3.8, 4) is 0 Å². The Morgan fingerprint density at radius 1 is 0.867 bits per heavy atom. The zero-order valence-corrected chi connectivity index (χ0v) is 17.0. The lowest BCUT2D eigenvalue weighted by atomic mass is 9.86. The fourth-order valence-corrected chi connectivity index (χ4v) is 3.17. The summed E-state index contributed by atoms with van der Waals surface area (Å²) in [4.78, 5) is 24.9. The summed E-state index contributed by atoms with van der Waals surface area (Å²) in [5.74, 6) is -1.35. The normalized spacial score (nSPS) is 11.0. The number of hydrogen-bond donors (Lipinski definition) is 2. The molecule has 0 unspecified atom stereocenters. The maximum absolute atomic E-state index is 12.8. The van der Waals surface area contributed by atoms with Gasteiger partial charge < -0.3 is 15.2 Å². The lowest BCUT2D eigenvalue weighted by Crippen LogP contribution is -2.40. The predicted molar refractivity (Wildman–Crippen MR) is 115 cm³/mol. The molecule has 3 aromatic carbocycles. The summed E-state index contributed by atoms with van der Waals surface area (Å²) in [7, 11) is 0. The molecular formula is C24H22ClNO4. The summed E-state index contributed by atoms with van der Waals surface area (Å²) in [5.41, 5.74) is -0.250. The van der Waals surface area contributed by atoms with E-state index in [-0.39, 0.29) is 0 Å². The van der Waals surface area contributed by atoms with E-state index in [0.29, 0.717) is 29.1 Å². The quantitative estimate of drug-likeness (QED) is 0.544. The summed E-state index contributed by atoms with van der Waals surface area (Å²) in [6.07, 6.45) is 0.620. The largest absolute Gasteiger partial charge is 0.453 e. The number of rotatable bonds is 8. The first-order valence-corrected chi connectivity index (χ1v) is 9.89. The van der Waals surface area contributed by atoms with Crippen LogP contribution in [0.5, 0.6) is 0 Å². The molecule has 3 aromatic rings. The second-order valence-electron chi connectivity index (χ2n) is 6.75. The van der Waals surface area contributed by atoms with E-state index in [1.54, 1.807) is 72.8 Å². The summed E-state index contributed by atoms with van der Waals surface area (Å²) in [6, 6.07) is 24.4. The summed E-state index contributed by atoms with van der Waals surface area (Å²) in [6.45, 7) is -0.0961. The molecule has 1 amide bonds. The summed E-state index contributed by atoms with van der Waals surface area (Å²) >= 11 is 5.85. The minimum Gasteiger partial charge on any atom is -0.453 e. The zero-order valence-electron chi connectivity index (χ0n) is 16.3. The fourth-order valence-electron chi connectivity index (χ4n) is 3.04. The van der Waals surface area contributed by atoms with Gasteiger partial charge >= 0.3 is 5.97 Å². The molecule has 6 heteroatoms. The lowest BCUT2D eigenvalue weighted by Gasteiger charge is -2.26. The molecule has 0 aromatic heterocycles. The Kier molecular flexibility index (Phi) is 7.22. The molecule has 0 saturated carbocycles. The van der Waals surface area contributed by atoms with E-state index in [4.69, 9.17) is 16.3 Å². The van der Waals surface area contributed by atoms with Gasteiger partial charge in [0.25, 0.3) is 5.91 Å². The van der Waals surface area contributed by atoms with E-state index in [1.165, 1.54) is 0 Å². The first-order chi connectivity index (χ1) is 14.5. The Hall–Kier alpha value is -3.15. The van der Waals surface area contributed by atoms with Gasteiger partial charge in [-0.15, -0.1) is 0 Å². The minimum atomic E-state index is -2.01. The Balaban J connectivity index is 1.60. The van der Waals surface area contributed by atoms with Gasteiger partial charge in [-0.1, -0.05) is 84.4 Å². The van der Waals surface area contributed by atoms with Crippen LogP contribution in [0.3, 0.4) is 0 Å². The van der Waals surface area contributed by atoms with Crippen LogP contribution in [-0.2, 0) is 26.3 Å². The van der Waals surface area contributed by atoms with Crippen LogP contribution in [0.15, 0.2) is 84.9 Å².